The van der Waals surface area contributed by atoms with Gasteiger partial charge in [-0.05, 0) is 73.7 Å². The lowest BCUT2D eigenvalue weighted by Crippen LogP contribution is -2.47. The number of nitrogens with zero attached hydrogens (tertiary/aromatic N) is 3. The number of benzene rings is 1. The highest BCUT2D eigenvalue weighted by Gasteiger charge is 2.26. The molecule has 1 aromatic heterocycles. The summed E-state index contributed by atoms with van der Waals surface area (Å²) in [5.74, 6) is 3.00. The molecule has 3 heterocycles. The average molecular weight is 491 g/mol. The van der Waals surface area contributed by atoms with Gasteiger partial charge in [-0.2, -0.15) is 0 Å². The van der Waals surface area contributed by atoms with E-state index in [1.54, 1.807) is 0 Å². The number of piperazine rings is 1. The summed E-state index contributed by atoms with van der Waals surface area (Å²) in [6, 6.07) is 10.4. The number of ether oxygens (including phenoxy) is 1. The van der Waals surface area contributed by atoms with Crippen LogP contribution in [-0.2, 0) is 11.8 Å². The molecule has 36 heavy (non-hydrogen) atoms. The Labute approximate surface area is 216 Å². The summed E-state index contributed by atoms with van der Waals surface area (Å²) in [5, 5.41) is 3.29. The molecule has 1 saturated carbocycles. The topological polar surface area (TPSA) is 57.7 Å². The first kappa shape index (κ1) is 25.1. The van der Waals surface area contributed by atoms with E-state index in [9.17, 15) is 4.79 Å². The second kappa shape index (κ2) is 10.8. The Morgan fingerprint density at radius 1 is 1.03 bits per heavy atom. The van der Waals surface area contributed by atoms with Gasteiger partial charge in [-0.1, -0.05) is 32.9 Å². The molecular formula is C30H42N4O2. The van der Waals surface area contributed by atoms with Crippen LogP contribution in [0, 0.1) is 5.92 Å². The van der Waals surface area contributed by atoms with Crippen LogP contribution in [-0.4, -0.2) is 61.2 Å². The third kappa shape index (κ3) is 5.86. The van der Waals surface area contributed by atoms with Crippen molar-refractivity contribution >= 4 is 11.7 Å². The van der Waals surface area contributed by atoms with Crippen LogP contribution in [0.3, 0.4) is 0 Å². The van der Waals surface area contributed by atoms with Crippen molar-refractivity contribution in [3.05, 3.63) is 53.2 Å². The molecule has 1 amide bonds. The third-order valence-electron chi connectivity index (χ3n) is 8.32. The quantitative estimate of drug-likeness (QED) is 0.630. The van der Waals surface area contributed by atoms with Gasteiger partial charge < -0.3 is 15.0 Å². The summed E-state index contributed by atoms with van der Waals surface area (Å²) in [6.45, 7) is 12.8. The van der Waals surface area contributed by atoms with E-state index in [-0.39, 0.29) is 11.3 Å². The lowest BCUT2D eigenvalue weighted by Gasteiger charge is -2.37. The maximum Gasteiger partial charge on any atom is 0.251 e. The van der Waals surface area contributed by atoms with E-state index in [1.807, 2.05) is 24.4 Å². The number of hydrogen-bond donors (Lipinski definition) is 1. The van der Waals surface area contributed by atoms with Gasteiger partial charge in [-0.25, -0.2) is 4.98 Å². The molecular weight excluding hydrogens is 448 g/mol. The number of rotatable bonds is 6. The monoisotopic (exact) mass is 490 g/mol. The highest BCUT2D eigenvalue weighted by molar-refractivity contribution is 5.94. The molecule has 3 aliphatic rings. The standard InChI is InChI=1S/C30H42N4O2/c1-30(2,3)24-8-6-23(7-9-24)29(35)32-25-10-4-22(5-11-25)13-16-33-17-19-34(20-18-33)28-26-14-21-36-27(26)12-15-31-28/h6-9,12,15,22,25H,4-5,10-11,13-14,16-21H2,1-3H3,(H,32,35). The Morgan fingerprint density at radius 3 is 2.44 bits per heavy atom. The maximum absolute atomic E-state index is 12.7. The van der Waals surface area contributed by atoms with Crippen LogP contribution in [0.5, 0.6) is 5.75 Å². The van der Waals surface area contributed by atoms with Crippen molar-refractivity contribution in [2.24, 2.45) is 5.92 Å². The van der Waals surface area contributed by atoms with Gasteiger partial charge in [0.25, 0.3) is 5.91 Å². The molecule has 6 heteroatoms. The molecule has 0 spiro atoms. The predicted molar refractivity (Wildman–Crippen MR) is 145 cm³/mol. The fourth-order valence-electron chi connectivity index (χ4n) is 5.90. The first-order valence-corrected chi connectivity index (χ1v) is 13.9. The Hall–Kier alpha value is -2.60. The van der Waals surface area contributed by atoms with Gasteiger partial charge in [-0.3, -0.25) is 9.69 Å². The van der Waals surface area contributed by atoms with Crippen LogP contribution < -0.4 is 15.0 Å². The minimum absolute atomic E-state index is 0.0712. The highest BCUT2D eigenvalue weighted by Crippen LogP contribution is 2.33. The zero-order chi connectivity index (χ0) is 25.1. The number of fused-ring (bicyclic) bond motifs is 1. The second-order valence-electron chi connectivity index (χ2n) is 11.8. The van der Waals surface area contributed by atoms with Crippen molar-refractivity contribution in [1.82, 2.24) is 15.2 Å². The Kier molecular flexibility index (Phi) is 7.52. The summed E-state index contributed by atoms with van der Waals surface area (Å²) in [4.78, 5) is 22.5. The number of pyridine rings is 1. The number of carbonyl (C=O) groups excluding carboxylic acids is 1. The van der Waals surface area contributed by atoms with Gasteiger partial charge >= 0.3 is 0 Å². The van der Waals surface area contributed by atoms with Crippen molar-refractivity contribution in [2.75, 3.05) is 44.2 Å². The lowest BCUT2D eigenvalue weighted by atomic mass is 9.83. The third-order valence-corrected chi connectivity index (χ3v) is 8.32. The van der Waals surface area contributed by atoms with Crippen LogP contribution in [0.1, 0.15) is 74.4 Å². The molecule has 0 radical (unpaired) electrons. The van der Waals surface area contributed by atoms with E-state index in [1.165, 1.54) is 36.9 Å². The average Bonchev–Trinajstić information content (AvgIpc) is 3.37. The molecule has 1 saturated heterocycles. The number of aromatic nitrogens is 1. The van der Waals surface area contributed by atoms with Gasteiger partial charge in [-0.15, -0.1) is 0 Å². The first-order chi connectivity index (χ1) is 17.4. The van der Waals surface area contributed by atoms with Crippen molar-refractivity contribution in [3.8, 4) is 5.75 Å². The molecule has 0 unspecified atom stereocenters. The number of amides is 1. The zero-order valence-corrected chi connectivity index (χ0v) is 22.3. The van der Waals surface area contributed by atoms with Crippen LogP contribution >= 0.6 is 0 Å². The molecule has 194 valence electrons. The predicted octanol–water partition coefficient (Wildman–Crippen LogP) is 4.81. The van der Waals surface area contributed by atoms with Gasteiger partial charge in [0.05, 0.1) is 6.61 Å². The first-order valence-electron chi connectivity index (χ1n) is 13.9. The summed E-state index contributed by atoms with van der Waals surface area (Å²) >= 11 is 0. The van der Waals surface area contributed by atoms with Gasteiger partial charge in [0.2, 0.25) is 0 Å². The SMILES string of the molecule is CC(C)(C)c1ccc(C(=O)NC2CCC(CCN3CCN(c4nccc5c4CCO5)CC3)CC2)cc1. The van der Waals surface area contributed by atoms with Gasteiger partial charge in [0.15, 0.2) is 0 Å². The molecule has 2 aliphatic heterocycles. The van der Waals surface area contributed by atoms with Gasteiger partial charge in [0.1, 0.15) is 11.6 Å². The summed E-state index contributed by atoms with van der Waals surface area (Å²) in [6.07, 6.45) is 8.75. The number of anilines is 1. The van der Waals surface area contributed by atoms with E-state index < -0.39 is 0 Å². The molecule has 2 aromatic rings. The molecule has 1 N–H and O–H groups in total. The fourth-order valence-corrected chi connectivity index (χ4v) is 5.90. The minimum Gasteiger partial charge on any atom is -0.493 e. The van der Waals surface area contributed by atoms with Crippen molar-refractivity contribution in [3.63, 3.8) is 0 Å². The van der Waals surface area contributed by atoms with Crippen molar-refractivity contribution in [1.29, 1.82) is 0 Å². The normalized spacial score (nSPS) is 22.7. The Balaban J connectivity index is 1.01. The summed E-state index contributed by atoms with van der Waals surface area (Å²) in [5.41, 5.74) is 3.43. The Morgan fingerprint density at radius 2 is 1.75 bits per heavy atom. The van der Waals surface area contributed by atoms with Crippen LogP contribution in [0.4, 0.5) is 5.82 Å². The van der Waals surface area contributed by atoms with Crippen molar-refractivity contribution < 1.29 is 9.53 Å². The highest BCUT2D eigenvalue weighted by atomic mass is 16.5. The van der Waals surface area contributed by atoms with Crippen molar-refractivity contribution in [2.45, 2.75) is 70.8 Å². The molecule has 0 bridgehead atoms. The number of hydrogen-bond acceptors (Lipinski definition) is 5. The van der Waals surface area contributed by atoms with Gasteiger partial charge in [0, 0.05) is 56.0 Å². The molecule has 6 nitrogen and oxygen atoms in total. The maximum atomic E-state index is 12.7. The smallest absolute Gasteiger partial charge is 0.251 e. The molecule has 0 atom stereocenters. The summed E-state index contributed by atoms with van der Waals surface area (Å²) < 4.78 is 5.72. The largest absolute Gasteiger partial charge is 0.493 e. The zero-order valence-electron chi connectivity index (χ0n) is 22.3. The van der Waals surface area contributed by atoms with Crippen LogP contribution in [0.25, 0.3) is 0 Å². The minimum atomic E-state index is 0.0712. The number of nitrogens with one attached hydrogen (secondary N) is 1. The van der Waals surface area contributed by atoms with Crippen LogP contribution in [0.15, 0.2) is 36.5 Å². The van der Waals surface area contributed by atoms with E-state index >= 15 is 0 Å². The molecule has 5 rings (SSSR count). The van der Waals surface area contributed by atoms with Crippen LogP contribution in [0.2, 0.25) is 0 Å². The molecule has 2 fully saturated rings. The molecule has 1 aromatic carbocycles. The fraction of sp³-hybridized carbons (Fsp3) is 0.600. The number of carbonyl (C=O) groups is 1. The second-order valence-corrected chi connectivity index (χ2v) is 11.8. The van der Waals surface area contributed by atoms with E-state index in [0.717, 1.165) is 75.1 Å². The lowest BCUT2D eigenvalue weighted by molar-refractivity contribution is 0.0919. The van der Waals surface area contributed by atoms with E-state index in [4.69, 9.17) is 4.74 Å². The Bertz CT molecular complexity index is 1030. The van der Waals surface area contributed by atoms with E-state index in [2.05, 4.69) is 53.0 Å². The van der Waals surface area contributed by atoms with E-state index in [0.29, 0.717) is 6.04 Å². The summed E-state index contributed by atoms with van der Waals surface area (Å²) in [7, 11) is 0. The molecule has 1 aliphatic carbocycles.